The van der Waals surface area contributed by atoms with Gasteiger partial charge in [0.2, 0.25) is 0 Å². The zero-order valence-corrected chi connectivity index (χ0v) is 16.9. The molecular weight excluding hydrogens is 405 g/mol. The van der Waals surface area contributed by atoms with Gasteiger partial charge in [0, 0.05) is 16.6 Å². The Morgan fingerprint density at radius 2 is 1.67 bits per heavy atom. The third-order valence-corrected chi connectivity index (χ3v) is 5.00. The van der Waals surface area contributed by atoms with Crippen molar-refractivity contribution in [2.75, 3.05) is 6.54 Å². The number of aryl methyl sites for hydroxylation is 1. The first-order chi connectivity index (χ1) is 13.1. The molecule has 2 nitrogen and oxygen atoms in total. The lowest BCUT2D eigenvalue weighted by atomic mass is 10.1. The molecule has 0 fully saturated rings. The SMILES string of the molecule is Cc1ccccc1COc1ccc(Br)cc1CNCCc1ccccc1F. The molecule has 0 aliphatic rings. The lowest BCUT2D eigenvalue weighted by molar-refractivity contribution is 0.301. The van der Waals surface area contributed by atoms with Gasteiger partial charge in [-0.25, -0.2) is 4.39 Å². The minimum atomic E-state index is -0.149. The van der Waals surface area contributed by atoms with Crippen LogP contribution in [0.5, 0.6) is 5.75 Å². The summed E-state index contributed by atoms with van der Waals surface area (Å²) in [7, 11) is 0. The molecule has 0 heterocycles. The Kier molecular flexibility index (Phi) is 7.02. The zero-order chi connectivity index (χ0) is 19.1. The normalized spacial score (nSPS) is 10.8. The van der Waals surface area contributed by atoms with Crippen molar-refractivity contribution in [3.8, 4) is 5.75 Å². The van der Waals surface area contributed by atoms with E-state index in [0.29, 0.717) is 26.1 Å². The molecule has 0 saturated carbocycles. The molecule has 0 spiro atoms. The summed E-state index contributed by atoms with van der Waals surface area (Å²) >= 11 is 3.53. The Morgan fingerprint density at radius 1 is 0.926 bits per heavy atom. The summed E-state index contributed by atoms with van der Waals surface area (Å²) in [4.78, 5) is 0. The molecule has 3 aromatic rings. The summed E-state index contributed by atoms with van der Waals surface area (Å²) in [5.74, 6) is 0.712. The predicted octanol–water partition coefficient (Wildman–Crippen LogP) is 5.81. The van der Waals surface area contributed by atoms with E-state index in [0.717, 1.165) is 21.3 Å². The highest BCUT2D eigenvalue weighted by molar-refractivity contribution is 9.10. The molecule has 4 heteroatoms. The van der Waals surface area contributed by atoms with Gasteiger partial charge in [-0.1, -0.05) is 58.4 Å². The third kappa shape index (κ3) is 5.65. The maximum Gasteiger partial charge on any atom is 0.126 e. The van der Waals surface area contributed by atoms with Crippen LogP contribution in [0, 0.1) is 12.7 Å². The summed E-state index contributed by atoms with van der Waals surface area (Å²) < 4.78 is 20.8. The van der Waals surface area contributed by atoms with Crippen molar-refractivity contribution in [2.45, 2.75) is 26.5 Å². The number of hydrogen-bond donors (Lipinski definition) is 1. The number of ether oxygens (including phenoxy) is 1. The monoisotopic (exact) mass is 427 g/mol. The largest absolute Gasteiger partial charge is 0.489 e. The molecule has 0 amide bonds. The molecular formula is C23H23BrFNO. The van der Waals surface area contributed by atoms with Crippen molar-refractivity contribution in [2.24, 2.45) is 0 Å². The van der Waals surface area contributed by atoms with Gasteiger partial charge in [-0.15, -0.1) is 0 Å². The average molecular weight is 428 g/mol. The molecule has 0 aliphatic heterocycles. The second-order valence-corrected chi connectivity index (χ2v) is 7.40. The first-order valence-corrected chi connectivity index (χ1v) is 9.82. The van der Waals surface area contributed by atoms with Crippen LogP contribution in [-0.2, 0) is 19.6 Å². The number of nitrogens with one attached hydrogen (secondary N) is 1. The molecule has 0 unspecified atom stereocenters. The van der Waals surface area contributed by atoms with Crippen LogP contribution in [0.2, 0.25) is 0 Å². The molecule has 0 bridgehead atoms. The van der Waals surface area contributed by atoms with E-state index < -0.39 is 0 Å². The highest BCUT2D eigenvalue weighted by Gasteiger charge is 2.07. The Labute approximate surface area is 168 Å². The van der Waals surface area contributed by atoms with E-state index in [1.165, 1.54) is 17.2 Å². The fourth-order valence-electron chi connectivity index (χ4n) is 2.90. The minimum Gasteiger partial charge on any atom is -0.489 e. The minimum absolute atomic E-state index is 0.149. The van der Waals surface area contributed by atoms with Crippen LogP contribution in [0.15, 0.2) is 71.2 Å². The first kappa shape index (κ1) is 19.6. The Balaban J connectivity index is 1.59. The maximum absolute atomic E-state index is 13.7. The average Bonchev–Trinajstić information content (AvgIpc) is 2.67. The lowest BCUT2D eigenvalue weighted by Gasteiger charge is -2.14. The van der Waals surface area contributed by atoms with E-state index in [9.17, 15) is 4.39 Å². The van der Waals surface area contributed by atoms with Gasteiger partial charge < -0.3 is 10.1 Å². The molecule has 0 radical (unpaired) electrons. The molecule has 0 atom stereocenters. The highest BCUT2D eigenvalue weighted by Crippen LogP contribution is 2.24. The summed E-state index contributed by atoms with van der Waals surface area (Å²) in [5.41, 5.74) is 4.21. The predicted molar refractivity (Wildman–Crippen MR) is 111 cm³/mol. The summed E-state index contributed by atoms with van der Waals surface area (Å²) in [6.07, 6.45) is 0.653. The van der Waals surface area contributed by atoms with Crippen molar-refractivity contribution >= 4 is 15.9 Å². The van der Waals surface area contributed by atoms with E-state index >= 15 is 0 Å². The fraction of sp³-hybridized carbons (Fsp3) is 0.217. The van der Waals surface area contributed by atoms with Gasteiger partial charge in [0.25, 0.3) is 0 Å². The third-order valence-electron chi connectivity index (χ3n) is 4.51. The second-order valence-electron chi connectivity index (χ2n) is 6.49. The van der Waals surface area contributed by atoms with Crippen LogP contribution in [0.3, 0.4) is 0 Å². The molecule has 3 rings (SSSR count). The van der Waals surface area contributed by atoms with Gasteiger partial charge in [-0.3, -0.25) is 0 Å². The van der Waals surface area contributed by atoms with Crippen LogP contribution < -0.4 is 10.1 Å². The first-order valence-electron chi connectivity index (χ1n) is 9.03. The van der Waals surface area contributed by atoms with Crippen LogP contribution in [0.25, 0.3) is 0 Å². The number of benzene rings is 3. The van der Waals surface area contributed by atoms with E-state index in [-0.39, 0.29) is 5.82 Å². The molecule has 27 heavy (non-hydrogen) atoms. The Morgan fingerprint density at radius 3 is 2.44 bits per heavy atom. The van der Waals surface area contributed by atoms with E-state index in [1.807, 2.05) is 36.4 Å². The Bertz CT molecular complexity index is 897. The number of halogens is 2. The van der Waals surface area contributed by atoms with E-state index in [4.69, 9.17) is 4.74 Å². The second kappa shape index (κ2) is 9.67. The standard InChI is InChI=1S/C23H23BrFNO/c1-17-6-2-3-8-19(17)16-27-23-11-10-21(24)14-20(23)15-26-13-12-18-7-4-5-9-22(18)25/h2-11,14,26H,12-13,15-16H2,1H3. The number of hydrogen-bond acceptors (Lipinski definition) is 2. The van der Waals surface area contributed by atoms with Gasteiger partial charge in [-0.05, 0) is 60.8 Å². The van der Waals surface area contributed by atoms with Gasteiger partial charge in [0.05, 0.1) is 0 Å². The van der Waals surface area contributed by atoms with Crippen molar-refractivity contribution in [3.63, 3.8) is 0 Å². The quantitative estimate of drug-likeness (QED) is 0.458. The summed E-state index contributed by atoms with van der Waals surface area (Å²) in [6, 6.07) is 21.2. The van der Waals surface area contributed by atoms with E-state index in [1.54, 1.807) is 6.07 Å². The van der Waals surface area contributed by atoms with E-state index in [2.05, 4.69) is 46.4 Å². The zero-order valence-electron chi connectivity index (χ0n) is 15.3. The number of rotatable bonds is 8. The molecule has 1 N–H and O–H groups in total. The van der Waals surface area contributed by atoms with Crippen LogP contribution in [0.1, 0.15) is 22.3 Å². The van der Waals surface area contributed by atoms with Crippen LogP contribution in [-0.4, -0.2) is 6.54 Å². The van der Waals surface area contributed by atoms with Gasteiger partial charge in [0.1, 0.15) is 18.2 Å². The van der Waals surface area contributed by atoms with Gasteiger partial charge in [0.15, 0.2) is 0 Å². The van der Waals surface area contributed by atoms with Crippen LogP contribution in [0.4, 0.5) is 4.39 Å². The maximum atomic E-state index is 13.7. The lowest BCUT2D eigenvalue weighted by Crippen LogP contribution is -2.17. The van der Waals surface area contributed by atoms with Crippen molar-refractivity contribution in [1.82, 2.24) is 5.32 Å². The summed E-state index contributed by atoms with van der Waals surface area (Å²) in [6.45, 7) is 3.99. The van der Waals surface area contributed by atoms with Crippen LogP contribution >= 0.6 is 15.9 Å². The van der Waals surface area contributed by atoms with Crippen molar-refractivity contribution < 1.29 is 9.13 Å². The molecule has 0 aliphatic carbocycles. The fourth-order valence-corrected chi connectivity index (χ4v) is 3.31. The van der Waals surface area contributed by atoms with Gasteiger partial charge in [-0.2, -0.15) is 0 Å². The van der Waals surface area contributed by atoms with Crippen molar-refractivity contribution in [1.29, 1.82) is 0 Å². The highest BCUT2D eigenvalue weighted by atomic mass is 79.9. The molecule has 140 valence electrons. The molecule has 0 aromatic heterocycles. The van der Waals surface area contributed by atoms with Gasteiger partial charge >= 0.3 is 0 Å². The molecule has 3 aromatic carbocycles. The van der Waals surface area contributed by atoms with Crippen molar-refractivity contribution in [3.05, 3.63) is 99.3 Å². The smallest absolute Gasteiger partial charge is 0.126 e. The Hall–Kier alpha value is -2.17. The molecule has 0 saturated heterocycles. The topological polar surface area (TPSA) is 21.3 Å². The summed E-state index contributed by atoms with van der Waals surface area (Å²) in [5, 5.41) is 3.39.